The van der Waals surface area contributed by atoms with E-state index in [1.165, 1.54) is 12.1 Å². The molecule has 0 aliphatic heterocycles. The molecule has 2 unspecified atom stereocenters. The Morgan fingerprint density at radius 3 is 2.84 bits per heavy atom. The van der Waals surface area contributed by atoms with Crippen LogP contribution in [0.15, 0.2) is 48.5 Å². The zero-order valence-electron chi connectivity index (χ0n) is 13.1. The number of nitrogens with one attached hydrogen (secondary N) is 1. The molecule has 128 valence electrons. The second kappa shape index (κ2) is 6.82. The first-order valence-electron chi connectivity index (χ1n) is 7.64. The molecule has 25 heavy (non-hydrogen) atoms. The number of halogens is 1. The van der Waals surface area contributed by atoms with Gasteiger partial charge in [-0.05, 0) is 29.3 Å². The lowest BCUT2D eigenvalue weighted by atomic mass is 10.1. The SMILES string of the molecule is O=C(/C=C/c1ccc(F)cc1[N+](=O)[O-])NC1c2ccccc2CC1O. The summed E-state index contributed by atoms with van der Waals surface area (Å²) >= 11 is 0. The van der Waals surface area contributed by atoms with Crippen molar-refractivity contribution in [1.29, 1.82) is 0 Å². The van der Waals surface area contributed by atoms with E-state index in [1.54, 1.807) is 0 Å². The Morgan fingerprint density at radius 2 is 2.08 bits per heavy atom. The average molecular weight is 342 g/mol. The van der Waals surface area contributed by atoms with Gasteiger partial charge in [0, 0.05) is 12.5 Å². The van der Waals surface area contributed by atoms with Gasteiger partial charge < -0.3 is 10.4 Å². The molecule has 0 bridgehead atoms. The largest absolute Gasteiger partial charge is 0.390 e. The lowest BCUT2D eigenvalue weighted by molar-refractivity contribution is -0.385. The highest BCUT2D eigenvalue weighted by Crippen LogP contribution is 2.31. The lowest BCUT2D eigenvalue weighted by Crippen LogP contribution is -2.32. The number of hydrogen-bond acceptors (Lipinski definition) is 4. The Balaban J connectivity index is 1.76. The maximum Gasteiger partial charge on any atom is 0.279 e. The van der Waals surface area contributed by atoms with Gasteiger partial charge in [0.2, 0.25) is 5.91 Å². The zero-order chi connectivity index (χ0) is 18.0. The van der Waals surface area contributed by atoms with Crippen molar-refractivity contribution in [1.82, 2.24) is 5.32 Å². The molecule has 2 aromatic rings. The molecule has 0 spiro atoms. The molecule has 0 saturated heterocycles. The zero-order valence-corrected chi connectivity index (χ0v) is 13.1. The van der Waals surface area contributed by atoms with Gasteiger partial charge in [0.05, 0.1) is 28.7 Å². The van der Waals surface area contributed by atoms with E-state index in [-0.39, 0.29) is 5.56 Å². The fourth-order valence-corrected chi connectivity index (χ4v) is 2.93. The minimum Gasteiger partial charge on any atom is -0.390 e. The second-order valence-corrected chi connectivity index (χ2v) is 5.75. The minimum absolute atomic E-state index is 0.119. The third kappa shape index (κ3) is 3.56. The topological polar surface area (TPSA) is 92.5 Å². The Kier molecular flexibility index (Phi) is 4.58. The van der Waals surface area contributed by atoms with Crippen LogP contribution < -0.4 is 5.32 Å². The molecule has 6 nitrogen and oxygen atoms in total. The first-order valence-corrected chi connectivity index (χ1v) is 7.64. The normalized spacial score (nSPS) is 19.0. The highest BCUT2D eigenvalue weighted by atomic mass is 19.1. The van der Waals surface area contributed by atoms with Crippen LogP contribution in [0.25, 0.3) is 6.08 Å². The van der Waals surface area contributed by atoms with Gasteiger partial charge >= 0.3 is 0 Å². The van der Waals surface area contributed by atoms with E-state index in [9.17, 15) is 24.4 Å². The van der Waals surface area contributed by atoms with Crippen LogP contribution in [-0.4, -0.2) is 22.0 Å². The molecule has 0 fully saturated rings. The highest BCUT2D eigenvalue weighted by Gasteiger charge is 2.31. The standard InChI is InChI=1S/C18H15FN2O4/c19-13-7-5-11(15(10-13)21(24)25)6-8-17(23)20-18-14-4-2-1-3-12(14)9-16(18)22/h1-8,10,16,18,22H,9H2,(H,20,23)/b8-6+. The van der Waals surface area contributed by atoms with Gasteiger partial charge in [0.25, 0.3) is 5.69 Å². The average Bonchev–Trinajstić information content (AvgIpc) is 2.89. The lowest BCUT2D eigenvalue weighted by Gasteiger charge is -2.16. The van der Waals surface area contributed by atoms with E-state index in [2.05, 4.69) is 5.32 Å². The second-order valence-electron chi connectivity index (χ2n) is 5.75. The number of nitro groups is 1. The molecule has 1 aliphatic rings. The number of nitro benzene ring substituents is 1. The predicted molar refractivity (Wildman–Crippen MR) is 89.1 cm³/mol. The van der Waals surface area contributed by atoms with Crippen LogP contribution in [0.5, 0.6) is 0 Å². The molecule has 2 N–H and O–H groups in total. The van der Waals surface area contributed by atoms with E-state index in [0.717, 1.165) is 29.3 Å². The fourth-order valence-electron chi connectivity index (χ4n) is 2.93. The summed E-state index contributed by atoms with van der Waals surface area (Å²) in [4.78, 5) is 22.4. The molecular formula is C18H15FN2O4. The van der Waals surface area contributed by atoms with Gasteiger partial charge in [0.1, 0.15) is 5.82 Å². The van der Waals surface area contributed by atoms with E-state index in [4.69, 9.17) is 0 Å². The third-order valence-corrected chi connectivity index (χ3v) is 4.11. The summed E-state index contributed by atoms with van der Waals surface area (Å²) in [6, 6.07) is 10.0. The summed E-state index contributed by atoms with van der Waals surface area (Å²) in [5, 5.41) is 23.8. The van der Waals surface area contributed by atoms with Gasteiger partial charge in [-0.2, -0.15) is 0 Å². The number of amides is 1. The molecule has 2 aromatic carbocycles. The van der Waals surface area contributed by atoms with Crippen molar-refractivity contribution >= 4 is 17.7 Å². The highest BCUT2D eigenvalue weighted by molar-refractivity contribution is 5.92. The van der Waals surface area contributed by atoms with Crippen molar-refractivity contribution in [2.45, 2.75) is 18.6 Å². The predicted octanol–water partition coefficient (Wildman–Crippen LogP) is 2.52. The van der Waals surface area contributed by atoms with Crippen LogP contribution in [0.4, 0.5) is 10.1 Å². The summed E-state index contributed by atoms with van der Waals surface area (Å²) in [5.74, 6) is -1.22. The van der Waals surface area contributed by atoms with Gasteiger partial charge in [-0.1, -0.05) is 24.3 Å². The van der Waals surface area contributed by atoms with Crippen molar-refractivity contribution < 1.29 is 19.2 Å². The molecule has 0 heterocycles. The molecule has 0 saturated carbocycles. The van der Waals surface area contributed by atoms with Crippen molar-refractivity contribution in [3.8, 4) is 0 Å². The first kappa shape index (κ1) is 16.8. The van der Waals surface area contributed by atoms with Gasteiger partial charge in [-0.25, -0.2) is 4.39 Å². The number of benzene rings is 2. The molecule has 0 radical (unpaired) electrons. The summed E-state index contributed by atoms with van der Waals surface area (Å²) in [6.07, 6.45) is 2.11. The van der Waals surface area contributed by atoms with Crippen LogP contribution >= 0.6 is 0 Å². The van der Waals surface area contributed by atoms with E-state index >= 15 is 0 Å². The number of aliphatic hydroxyl groups excluding tert-OH is 1. The summed E-state index contributed by atoms with van der Waals surface area (Å²) < 4.78 is 13.1. The Labute approximate surface area is 142 Å². The van der Waals surface area contributed by atoms with Crippen LogP contribution in [-0.2, 0) is 11.2 Å². The number of carbonyl (C=O) groups is 1. The molecule has 7 heteroatoms. The number of aliphatic hydroxyl groups is 1. The van der Waals surface area contributed by atoms with E-state index < -0.39 is 34.5 Å². The van der Waals surface area contributed by atoms with E-state index in [1.807, 2.05) is 24.3 Å². The quantitative estimate of drug-likeness (QED) is 0.507. The van der Waals surface area contributed by atoms with Crippen LogP contribution in [0.1, 0.15) is 22.7 Å². The summed E-state index contributed by atoms with van der Waals surface area (Å²) in [5.41, 5.74) is 1.52. The third-order valence-electron chi connectivity index (χ3n) is 4.11. The van der Waals surface area contributed by atoms with E-state index in [0.29, 0.717) is 6.42 Å². The van der Waals surface area contributed by atoms with Gasteiger partial charge in [0.15, 0.2) is 0 Å². The fraction of sp³-hybridized carbons (Fsp3) is 0.167. The molecular weight excluding hydrogens is 327 g/mol. The van der Waals surface area contributed by atoms with Gasteiger partial charge in [-0.3, -0.25) is 14.9 Å². The number of carbonyl (C=O) groups excluding carboxylic acids is 1. The Morgan fingerprint density at radius 1 is 1.32 bits per heavy atom. The molecule has 1 amide bonds. The van der Waals surface area contributed by atoms with Crippen molar-refractivity contribution in [3.05, 3.63) is 81.2 Å². The van der Waals surface area contributed by atoms with Crippen LogP contribution in [0.2, 0.25) is 0 Å². The number of nitrogens with zero attached hydrogens (tertiary/aromatic N) is 1. The number of fused-ring (bicyclic) bond motifs is 1. The minimum atomic E-state index is -0.727. The smallest absolute Gasteiger partial charge is 0.279 e. The monoisotopic (exact) mass is 342 g/mol. The Hall–Kier alpha value is -3.06. The molecule has 0 aromatic heterocycles. The number of rotatable bonds is 4. The Bertz CT molecular complexity index is 866. The molecule has 3 rings (SSSR count). The van der Waals surface area contributed by atoms with Crippen LogP contribution in [0, 0.1) is 15.9 Å². The number of hydrogen-bond donors (Lipinski definition) is 2. The molecule has 1 aliphatic carbocycles. The maximum atomic E-state index is 13.1. The van der Waals surface area contributed by atoms with Gasteiger partial charge in [-0.15, -0.1) is 0 Å². The molecule has 2 atom stereocenters. The van der Waals surface area contributed by atoms with Crippen molar-refractivity contribution in [3.63, 3.8) is 0 Å². The van der Waals surface area contributed by atoms with Crippen molar-refractivity contribution in [2.75, 3.05) is 0 Å². The summed E-state index contributed by atoms with van der Waals surface area (Å²) in [7, 11) is 0. The van der Waals surface area contributed by atoms with Crippen molar-refractivity contribution in [2.24, 2.45) is 0 Å². The maximum absolute atomic E-state index is 13.1. The first-order chi connectivity index (χ1) is 12.0. The summed E-state index contributed by atoms with van der Waals surface area (Å²) in [6.45, 7) is 0. The van der Waals surface area contributed by atoms with Crippen LogP contribution in [0.3, 0.4) is 0 Å².